The van der Waals surface area contributed by atoms with Gasteiger partial charge in [-0.1, -0.05) is 34.1 Å². The van der Waals surface area contributed by atoms with Crippen LogP contribution >= 0.6 is 0 Å². The Morgan fingerprint density at radius 3 is 2.13 bits per heavy atom. The molecule has 1 atom stereocenters. The van der Waals surface area contributed by atoms with Gasteiger partial charge in [-0.15, -0.1) is 0 Å². The summed E-state index contributed by atoms with van der Waals surface area (Å²) in [4.78, 5) is 9.48. The van der Waals surface area contributed by atoms with E-state index in [1.54, 1.807) is 14.2 Å². The SMILES string of the molecule is CC.CCCC(CC)c1nc(C)c2cc(OC)c(OC)cc2n1. The van der Waals surface area contributed by atoms with Crippen LogP contribution in [-0.2, 0) is 0 Å². The van der Waals surface area contributed by atoms with Crippen molar-refractivity contribution in [1.82, 2.24) is 9.97 Å². The molecule has 0 radical (unpaired) electrons. The van der Waals surface area contributed by atoms with Gasteiger partial charge in [0.25, 0.3) is 0 Å². The van der Waals surface area contributed by atoms with Crippen LogP contribution in [0.25, 0.3) is 10.9 Å². The Hall–Kier alpha value is -1.84. The molecule has 0 fully saturated rings. The van der Waals surface area contributed by atoms with Gasteiger partial charge >= 0.3 is 0 Å². The second-order valence-electron chi connectivity index (χ2n) is 5.29. The van der Waals surface area contributed by atoms with Crippen molar-refractivity contribution in [2.45, 2.75) is 59.8 Å². The van der Waals surface area contributed by atoms with Gasteiger partial charge in [-0.3, -0.25) is 0 Å². The Labute approximate surface area is 140 Å². The average Bonchev–Trinajstić information content (AvgIpc) is 2.60. The van der Waals surface area contributed by atoms with Gasteiger partial charge in [0.05, 0.1) is 19.7 Å². The summed E-state index contributed by atoms with van der Waals surface area (Å²) in [5.74, 6) is 2.78. The topological polar surface area (TPSA) is 44.2 Å². The van der Waals surface area contributed by atoms with Crippen molar-refractivity contribution in [3.05, 3.63) is 23.7 Å². The van der Waals surface area contributed by atoms with Gasteiger partial charge < -0.3 is 9.47 Å². The maximum atomic E-state index is 5.37. The van der Waals surface area contributed by atoms with Crippen molar-refractivity contribution in [2.24, 2.45) is 0 Å². The first-order valence-electron chi connectivity index (χ1n) is 8.54. The molecule has 0 aliphatic heterocycles. The van der Waals surface area contributed by atoms with E-state index < -0.39 is 0 Å². The zero-order valence-corrected chi connectivity index (χ0v) is 15.6. The smallest absolute Gasteiger partial charge is 0.162 e. The standard InChI is InChI=1S/C17H24N2O2.C2H6/c1-6-8-12(7-2)17-18-11(3)13-9-15(20-4)16(21-5)10-14(13)19-17;1-2/h9-10,12H,6-8H2,1-5H3;1-2H3. The molecule has 23 heavy (non-hydrogen) atoms. The second-order valence-corrected chi connectivity index (χ2v) is 5.29. The fraction of sp³-hybridized carbons (Fsp3) is 0.579. The molecule has 0 bridgehead atoms. The Bertz CT molecular complexity index is 626. The molecule has 2 rings (SSSR count). The van der Waals surface area contributed by atoms with Crippen LogP contribution in [0.2, 0.25) is 0 Å². The van der Waals surface area contributed by atoms with Crippen LogP contribution in [0.1, 0.15) is 64.4 Å². The van der Waals surface area contributed by atoms with Gasteiger partial charge in [-0.05, 0) is 25.8 Å². The molecule has 0 aliphatic rings. The predicted molar refractivity (Wildman–Crippen MR) is 96.7 cm³/mol. The number of methoxy groups -OCH3 is 2. The van der Waals surface area contributed by atoms with Crippen molar-refractivity contribution in [3.8, 4) is 11.5 Å². The molecule has 4 nitrogen and oxygen atoms in total. The summed E-state index contributed by atoms with van der Waals surface area (Å²) in [6, 6.07) is 3.89. The lowest BCUT2D eigenvalue weighted by Crippen LogP contribution is -2.06. The highest BCUT2D eigenvalue weighted by molar-refractivity contribution is 5.84. The zero-order valence-electron chi connectivity index (χ0n) is 15.6. The number of fused-ring (bicyclic) bond motifs is 1. The lowest BCUT2D eigenvalue weighted by atomic mass is 9.99. The molecule has 2 aromatic rings. The molecule has 0 aliphatic carbocycles. The Balaban J connectivity index is 0.00000127. The number of nitrogens with zero attached hydrogens (tertiary/aromatic N) is 2. The van der Waals surface area contributed by atoms with E-state index in [9.17, 15) is 0 Å². The molecule has 1 heterocycles. The number of aryl methyl sites for hydroxylation is 1. The number of aromatic nitrogens is 2. The number of benzene rings is 1. The van der Waals surface area contributed by atoms with Gasteiger partial charge in [-0.2, -0.15) is 0 Å². The van der Waals surface area contributed by atoms with Crippen LogP contribution in [-0.4, -0.2) is 24.2 Å². The minimum absolute atomic E-state index is 0.422. The molecule has 4 heteroatoms. The van der Waals surface area contributed by atoms with E-state index in [1.807, 2.05) is 32.9 Å². The monoisotopic (exact) mass is 318 g/mol. The largest absolute Gasteiger partial charge is 0.493 e. The maximum absolute atomic E-state index is 5.37. The first-order valence-corrected chi connectivity index (χ1v) is 8.54. The van der Waals surface area contributed by atoms with Crippen LogP contribution in [0.4, 0.5) is 0 Å². The quantitative estimate of drug-likeness (QED) is 0.727. The van der Waals surface area contributed by atoms with E-state index in [0.717, 1.165) is 41.7 Å². The molecule has 0 saturated heterocycles. The highest BCUT2D eigenvalue weighted by Crippen LogP contribution is 2.33. The molecule has 128 valence electrons. The van der Waals surface area contributed by atoms with E-state index in [0.29, 0.717) is 17.4 Å². The van der Waals surface area contributed by atoms with Crippen molar-refractivity contribution < 1.29 is 9.47 Å². The molecule has 0 N–H and O–H groups in total. The summed E-state index contributed by atoms with van der Waals surface area (Å²) in [5, 5.41) is 1.02. The fourth-order valence-electron chi connectivity index (χ4n) is 2.68. The van der Waals surface area contributed by atoms with Gasteiger partial charge in [-0.25, -0.2) is 9.97 Å². The van der Waals surface area contributed by atoms with Gasteiger partial charge in [0.15, 0.2) is 11.5 Å². The van der Waals surface area contributed by atoms with Crippen molar-refractivity contribution in [1.29, 1.82) is 0 Å². The third-order valence-electron chi connectivity index (χ3n) is 3.90. The molecule has 1 aromatic carbocycles. The third kappa shape index (κ3) is 4.34. The normalized spacial score (nSPS) is 11.6. The number of hydrogen-bond donors (Lipinski definition) is 0. The summed E-state index contributed by atoms with van der Waals surface area (Å²) in [6.45, 7) is 10.4. The minimum Gasteiger partial charge on any atom is -0.493 e. The first kappa shape index (κ1) is 19.2. The van der Waals surface area contributed by atoms with Gasteiger partial charge in [0.2, 0.25) is 0 Å². The number of ether oxygens (including phenoxy) is 2. The van der Waals surface area contributed by atoms with E-state index in [1.165, 1.54) is 0 Å². The van der Waals surface area contributed by atoms with Gasteiger partial charge in [0, 0.05) is 23.1 Å². The van der Waals surface area contributed by atoms with Crippen LogP contribution < -0.4 is 9.47 Å². The van der Waals surface area contributed by atoms with Crippen LogP contribution in [0.15, 0.2) is 12.1 Å². The van der Waals surface area contributed by atoms with E-state index in [4.69, 9.17) is 19.4 Å². The van der Waals surface area contributed by atoms with Gasteiger partial charge in [0.1, 0.15) is 5.82 Å². The molecular weight excluding hydrogens is 288 g/mol. The summed E-state index contributed by atoms with van der Waals surface area (Å²) in [5.41, 5.74) is 1.91. The fourth-order valence-corrected chi connectivity index (χ4v) is 2.68. The average molecular weight is 318 g/mol. The van der Waals surface area contributed by atoms with Crippen LogP contribution in [0.3, 0.4) is 0 Å². The summed E-state index contributed by atoms with van der Waals surface area (Å²) >= 11 is 0. The Morgan fingerprint density at radius 2 is 1.61 bits per heavy atom. The number of rotatable bonds is 6. The van der Waals surface area contributed by atoms with Crippen LogP contribution in [0.5, 0.6) is 11.5 Å². The number of hydrogen-bond acceptors (Lipinski definition) is 4. The molecule has 1 aromatic heterocycles. The van der Waals surface area contributed by atoms with E-state index in [2.05, 4.69) is 13.8 Å². The Morgan fingerprint density at radius 1 is 1.00 bits per heavy atom. The molecule has 0 spiro atoms. The third-order valence-corrected chi connectivity index (χ3v) is 3.90. The maximum Gasteiger partial charge on any atom is 0.162 e. The molecule has 0 amide bonds. The molecule has 1 unspecified atom stereocenters. The van der Waals surface area contributed by atoms with Crippen molar-refractivity contribution >= 4 is 10.9 Å². The van der Waals surface area contributed by atoms with E-state index >= 15 is 0 Å². The lowest BCUT2D eigenvalue weighted by Gasteiger charge is -2.15. The van der Waals surface area contributed by atoms with Crippen LogP contribution in [0, 0.1) is 6.92 Å². The molecular formula is C19H30N2O2. The second kappa shape index (κ2) is 9.33. The van der Waals surface area contributed by atoms with Crippen molar-refractivity contribution in [2.75, 3.05) is 14.2 Å². The Kier molecular flexibility index (Phi) is 7.79. The van der Waals surface area contributed by atoms with Crippen molar-refractivity contribution in [3.63, 3.8) is 0 Å². The zero-order chi connectivity index (χ0) is 17.4. The highest BCUT2D eigenvalue weighted by Gasteiger charge is 2.16. The minimum atomic E-state index is 0.422. The summed E-state index contributed by atoms with van der Waals surface area (Å²) in [7, 11) is 3.28. The summed E-state index contributed by atoms with van der Waals surface area (Å²) < 4.78 is 10.7. The highest BCUT2D eigenvalue weighted by atomic mass is 16.5. The predicted octanol–water partition coefficient (Wildman–Crippen LogP) is 5.28. The summed E-state index contributed by atoms with van der Waals surface area (Å²) in [6.07, 6.45) is 3.33. The first-order chi connectivity index (χ1) is 11.1. The molecule has 0 saturated carbocycles. The lowest BCUT2D eigenvalue weighted by molar-refractivity contribution is 0.355. The van der Waals surface area contributed by atoms with E-state index in [-0.39, 0.29) is 0 Å².